The second-order valence-corrected chi connectivity index (χ2v) is 6.11. The third-order valence-electron chi connectivity index (χ3n) is 4.79. The lowest BCUT2D eigenvalue weighted by Gasteiger charge is -2.26. The minimum atomic E-state index is 0.129. The van der Waals surface area contributed by atoms with Gasteiger partial charge in [-0.3, -0.25) is 4.79 Å². The summed E-state index contributed by atoms with van der Waals surface area (Å²) >= 11 is 0. The summed E-state index contributed by atoms with van der Waals surface area (Å²) in [5.41, 5.74) is 3.53. The average Bonchev–Trinajstić information content (AvgIpc) is 2.79. The molecule has 0 radical (unpaired) electrons. The van der Waals surface area contributed by atoms with Gasteiger partial charge in [0, 0.05) is 30.7 Å². The molecule has 2 aliphatic rings. The number of aryl methyl sites for hydroxylation is 1. The molecular weight excluding hydrogens is 264 g/mol. The van der Waals surface area contributed by atoms with Crippen LogP contribution in [0.3, 0.4) is 0 Å². The Morgan fingerprint density at radius 2 is 2.24 bits per heavy atom. The highest BCUT2D eigenvalue weighted by atomic mass is 16.5. The molecule has 21 heavy (non-hydrogen) atoms. The van der Waals surface area contributed by atoms with E-state index in [1.165, 1.54) is 11.1 Å². The standard InChI is InChI=1S/C17H24N2O2/c1-11-14(8-9-21-11)17(18-2)13-6-7-15-12(10-13)4-3-5-16(20)19-15/h6-7,10-11,14,17-18H,3-5,8-9H2,1-2H3,(H,19,20). The zero-order chi connectivity index (χ0) is 14.8. The van der Waals surface area contributed by atoms with Crippen LogP contribution in [0, 0.1) is 5.92 Å². The molecule has 1 amide bonds. The predicted molar refractivity (Wildman–Crippen MR) is 83.3 cm³/mol. The Morgan fingerprint density at radius 1 is 1.38 bits per heavy atom. The van der Waals surface area contributed by atoms with Crippen LogP contribution in [-0.4, -0.2) is 25.7 Å². The van der Waals surface area contributed by atoms with Crippen LogP contribution in [0.5, 0.6) is 0 Å². The van der Waals surface area contributed by atoms with E-state index < -0.39 is 0 Å². The molecule has 0 spiro atoms. The molecule has 1 aromatic rings. The highest BCUT2D eigenvalue weighted by Gasteiger charge is 2.32. The molecule has 4 heteroatoms. The van der Waals surface area contributed by atoms with Gasteiger partial charge in [0.2, 0.25) is 5.91 Å². The van der Waals surface area contributed by atoms with E-state index in [2.05, 4.69) is 35.8 Å². The Balaban J connectivity index is 1.88. The van der Waals surface area contributed by atoms with Crippen LogP contribution in [0.25, 0.3) is 0 Å². The van der Waals surface area contributed by atoms with Crippen LogP contribution < -0.4 is 10.6 Å². The van der Waals surface area contributed by atoms with E-state index in [9.17, 15) is 4.79 Å². The van der Waals surface area contributed by atoms with Crippen molar-refractivity contribution in [3.8, 4) is 0 Å². The number of rotatable bonds is 3. The summed E-state index contributed by atoms with van der Waals surface area (Å²) in [6, 6.07) is 6.76. The Kier molecular flexibility index (Phi) is 4.27. The Morgan fingerprint density at radius 3 is 2.95 bits per heavy atom. The maximum Gasteiger partial charge on any atom is 0.224 e. The minimum Gasteiger partial charge on any atom is -0.378 e. The average molecular weight is 288 g/mol. The molecule has 114 valence electrons. The quantitative estimate of drug-likeness (QED) is 0.899. The molecule has 3 atom stereocenters. The first kappa shape index (κ1) is 14.5. The van der Waals surface area contributed by atoms with Crippen molar-refractivity contribution in [3.63, 3.8) is 0 Å². The lowest BCUT2D eigenvalue weighted by molar-refractivity contribution is -0.116. The summed E-state index contributed by atoms with van der Waals surface area (Å²) in [5, 5.41) is 6.46. The monoisotopic (exact) mass is 288 g/mol. The highest BCUT2D eigenvalue weighted by molar-refractivity contribution is 5.92. The highest BCUT2D eigenvalue weighted by Crippen LogP contribution is 2.35. The number of hydrogen-bond donors (Lipinski definition) is 2. The zero-order valence-electron chi connectivity index (χ0n) is 12.8. The first-order valence-electron chi connectivity index (χ1n) is 7.90. The number of benzene rings is 1. The lowest BCUT2D eigenvalue weighted by Crippen LogP contribution is -2.29. The van der Waals surface area contributed by atoms with E-state index in [0.717, 1.165) is 31.6 Å². The Hall–Kier alpha value is -1.39. The minimum absolute atomic E-state index is 0.129. The van der Waals surface area contributed by atoms with Crippen molar-refractivity contribution in [1.29, 1.82) is 0 Å². The molecule has 1 fully saturated rings. The van der Waals surface area contributed by atoms with E-state index in [1.54, 1.807) is 0 Å². The second kappa shape index (κ2) is 6.16. The van der Waals surface area contributed by atoms with Crippen molar-refractivity contribution in [2.24, 2.45) is 5.92 Å². The van der Waals surface area contributed by atoms with Gasteiger partial charge in [-0.25, -0.2) is 0 Å². The van der Waals surface area contributed by atoms with Gasteiger partial charge in [0.25, 0.3) is 0 Å². The summed E-state index contributed by atoms with van der Waals surface area (Å²) in [6.45, 7) is 3.01. The van der Waals surface area contributed by atoms with Gasteiger partial charge >= 0.3 is 0 Å². The number of amides is 1. The van der Waals surface area contributed by atoms with Crippen LogP contribution in [0.4, 0.5) is 5.69 Å². The molecule has 1 aromatic carbocycles. The maximum atomic E-state index is 11.6. The fourth-order valence-electron chi connectivity index (χ4n) is 3.60. The number of nitrogens with one attached hydrogen (secondary N) is 2. The summed E-state index contributed by atoms with van der Waals surface area (Å²) in [7, 11) is 2.02. The van der Waals surface area contributed by atoms with Crippen LogP contribution in [0.15, 0.2) is 18.2 Å². The molecule has 0 bridgehead atoms. The van der Waals surface area contributed by atoms with Crippen LogP contribution in [-0.2, 0) is 16.0 Å². The summed E-state index contributed by atoms with van der Waals surface area (Å²) in [4.78, 5) is 11.6. The molecule has 1 saturated heterocycles. The van der Waals surface area contributed by atoms with Crippen LogP contribution in [0.1, 0.15) is 43.4 Å². The fraction of sp³-hybridized carbons (Fsp3) is 0.588. The Bertz CT molecular complexity index is 530. The maximum absolute atomic E-state index is 11.6. The number of carbonyl (C=O) groups is 1. The van der Waals surface area contributed by atoms with E-state index >= 15 is 0 Å². The number of ether oxygens (including phenoxy) is 1. The van der Waals surface area contributed by atoms with Gasteiger partial charge in [-0.15, -0.1) is 0 Å². The van der Waals surface area contributed by atoms with Crippen molar-refractivity contribution in [3.05, 3.63) is 29.3 Å². The topological polar surface area (TPSA) is 50.4 Å². The Labute approximate surface area is 126 Å². The molecular formula is C17H24N2O2. The third-order valence-corrected chi connectivity index (χ3v) is 4.79. The van der Waals surface area contributed by atoms with E-state index in [0.29, 0.717) is 24.5 Å². The summed E-state index contributed by atoms with van der Waals surface area (Å²) < 4.78 is 5.72. The number of fused-ring (bicyclic) bond motifs is 1. The molecule has 3 unspecified atom stereocenters. The number of anilines is 1. The first-order chi connectivity index (χ1) is 10.2. The molecule has 2 aliphatic heterocycles. The molecule has 2 heterocycles. The van der Waals surface area contributed by atoms with Crippen LogP contribution >= 0.6 is 0 Å². The number of carbonyl (C=O) groups excluding carboxylic acids is 1. The van der Waals surface area contributed by atoms with Gasteiger partial charge in [-0.2, -0.15) is 0 Å². The van der Waals surface area contributed by atoms with Gasteiger partial charge in [-0.05, 0) is 50.4 Å². The third kappa shape index (κ3) is 2.97. The van der Waals surface area contributed by atoms with Gasteiger partial charge in [0.1, 0.15) is 0 Å². The molecule has 0 aromatic heterocycles. The second-order valence-electron chi connectivity index (χ2n) is 6.11. The SMILES string of the molecule is CNC(c1ccc2c(c1)CCCC(=O)N2)C1CCOC1C. The van der Waals surface area contributed by atoms with Crippen molar-refractivity contribution in [1.82, 2.24) is 5.32 Å². The predicted octanol–water partition coefficient (Wildman–Crippen LogP) is 2.65. The first-order valence-corrected chi connectivity index (χ1v) is 7.90. The molecule has 2 N–H and O–H groups in total. The van der Waals surface area contributed by atoms with Crippen molar-refractivity contribution >= 4 is 11.6 Å². The van der Waals surface area contributed by atoms with Crippen molar-refractivity contribution < 1.29 is 9.53 Å². The van der Waals surface area contributed by atoms with Gasteiger partial charge in [0.15, 0.2) is 0 Å². The lowest BCUT2D eigenvalue weighted by atomic mass is 9.87. The summed E-state index contributed by atoms with van der Waals surface area (Å²) in [5.74, 6) is 0.637. The molecule has 0 saturated carbocycles. The summed E-state index contributed by atoms with van der Waals surface area (Å²) in [6.07, 6.45) is 3.90. The normalized spacial score (nSPS) is 26.9. The van der Waals surface area contributed by atoms with E-state index in [4.69, 9.17) is 4.74 Å². The van der Waals surface area contributed by atoms with Crippen LogP contribution in [0.2, 0.25) is 0 Å². The zero-order valence-corrected chi connectivity index (χ0v) is 12.8. The van der Waals surface area contributed by atoms with Gasteiger partial charge < -0.3 is 15.4 Å². The number of hydrogen-bond acceptors (Lipinski definition) is 3. The van der Waals surface area contributed by atoms with E-state index in [-0.39, 0.29) is 5.91 Å². The molecule has 0 aliphatic carbocycles. The fourth-order valence-corrected chi connectivity index (χ4v) is 3.60. The molecule has 4 nitrogen and oxygen atoms in total. The van der Waals surface area contributed by atoms with Crippen molar-refractivity contribution in [2.75, 3.05) is 19.0 Å². The molecule has 3 rings (SSSR count). The van der Waals surface area contributed by atoms with E-state index in [1.807, 2.05) is 7.05 Å². The largest absolute Gasteiger partial charge is 0.378 e. The van der Waals surface area contributed by atoms with Gasteiger partial charge in [-0.1, -0.05) is 12.1 Å². The smallest absolute Gasteiger partial charge is 0.224 e. The van der Waals surface area contributed by atoms with Gasteiger partial charge in [0.05, 0.1) is 6.10 Å². The van der Waals surface area contributed by atoms with Crippen molar-refractivity contribution in [2.45, 2.75) is 44.8 Å².